The molecule has 0 aliphatic heterocycles. The zero-order valence-corrected chi connectivity index (χ0v) is 17.3. The van der Waals surface area contributed by atoms with Crippen molar-refractivity contribution in [1.82, 2.24) is 4.90 Å². The Kier molecular flexibility index (Phi) is 9.66. The number of hydrogen-bond donors (Lipinski definition) is 1. The monoisotopic (exact) mass is 364 g/mol. The van der Waals surface area contributed by atoms with Gasteiger partial charge in [0.2, 0.25) is 0 Å². The average molecular weight is 365 g/mol. The van der Waals surface area contributed by atoms with Crippen LogP contribution >= 0.6 is 0 Å². The average Bonchev–Trinajstić information content (AvgIpc) is 2.59. The Morgan fingerprint density at radius 3 is 2.27 bits per heavy atom. The van der Waals surface area contributed by atoms with Gasteiger partial charge in [-0.25, -0.2) is 0 Å². The Bertz CT molecular complexity index is 527. The molecule has 1 amide bonds. The minimum absolute atomic E-state index is 0.108. The number of benzene rings is 1. The maximum atomic E-state index is 12.7. The number of anilines is 1. The number of carbonyl (C=O) groups is 1. The van der Waals surface area contributed by atoms with Crippen molar-refractivity contribution in [2.24, 2.45) is 5.92 Å². The Morgan fingerprint density at radius 2 is 1.77 bits per heavy atom. The van der Waals surface area contributed by atoms with Gasteiger partial charge in [0.15, 0.2) is 0 Å². The van der Waals surface area contributed by atoms with Crippen molar-refractivity contribution < 1.29 is 14.3 Å². The third kappa shape index (κ3) is 7.34. The highest BCUT2D eigenvalue weighted by Crippen LogP contribution is 2.24. The van der Waals surface area contributed by atoms with Crippen LogP contribution in [-0.2, 0) is 9.53 Å². The minimum atomic E-state index is -0.818. The molecule has 1 aromatic carbocycles. The second-order valence-electron chi connectivity index (χ2n) is 7.12. The van der Waals surface area contributed by atoms with Crippen LogP contribution in [0.2, 0.25) is 0 Å². The van der Waals surface area contributed by atoms with Gasteiger partial charge in [-0.05, 0) is 63.5 Å². The quantitative estimate of drug-likeness (QED) is 0.604. The van der Waals surface area contributed by atoms with Crippen LogP contribution in [0.1, 0.15) is 48.0 Å². The van der Waals surface area contributed by atoms with Crippen molar-refractivity contribution in [2.45, 2.75) is 53.6 Å². The van der Waals surface area contributed by atoms with Crippen LogP contribution in [0.4, 0.5) is 5.69 Å². The summed E-state index contributed by atoms with van der Waals surface area (Å²) in [6, 6.07) is 7.51. The normalized spacial score (nSPS) is 13.7. The smallest absolute Gasteiger partial charge is 0.256 e. The summed E-state index contributed by atoms with van der Waals surface area (Å²) in [6.07, 6.45) is 0.680. The highest BCUT2D eigenvalue weighted by Gasteiger charge is 2.34. The minimum Gasteiger partial charge on any atom is -0.492 e. The van der Waals surface area contributed by atoms with E-state index in [2.05, 4.69) is 37.9 Å². The molecule has 0 bridgehead atoms. The van der Waals surface area contributed by atoms with Gasteiger partial charge in [-0.2, -0.15) is 0 Å². The molecule has 5 heteroatoms. The van der Waals surface area contributed by atoms with Crippen molar-refractivity contribution in [2.75, 3.05) is 38.2 Å². The molecule has 0 saturated heterocycles. The lowest BCUT2D eigenvalue weighted by Crippen LogP contribution is -2.43. The van der Waals surface area contributed by atoms with E-state index in [0.717, 1.165) is 31.1 Å². The maximum Gasteiger partial charge on any atom is 0.256 e. The molecular formula is C21H36N2O3. The molecule has 0 spiro atoms. The molecule has 26 heavy (non-hydrogen) atoms. The fourth-order valence-corrected chi connectivity index (χ4v) is 3.05. The summed E-state index contributed by atoms with van der Waals surface area (Å²) in [6.45, 7) is 16.4. The number of rotatable bonds is 12. The predicted octanol–water partition coefficient (Wildman–Crippen LogP) is 4.19. The Balaban J connectivity index is 2.61. The van der Waals surface area contributed by atoms with Crippen molar-refractivity contribution in [3.8, 4) is 5.75 Å². The summed E-state index contributed by atoms with van der Waals surface area (Å²) in [5.41, 5.74) is -0.0669. The van der Waals surface area contributed by atoms with Crippen LogP contribution in [0.3, 0.4) is 0 Å². The number of ether oxygens (including phenoxy) is 2. The fourth-order valence-electron chi connectivity index (χ4n) is 3.05. The van der Waals surface area contributed by atoms with Crippen LogP contribution in [-0.4, -0.2) is 49.3 Å². The molecular weight excluding hydrogens is 328 g/mol. The molecule has 1 N–H and O–H groups in total. The Hall–Kier alpha value is -1.59. The predicted molar refractivity (Wildman–Crippen MR) is 108 cm³/mol. The van der Waals surface area contributed by atoms with E-state index in [4.69, 9.17) is 9.47 Å². The molecule has 0 radical (unpaired) electrons. The summed E-state index contributed by atoms with van der Waals surface area (Å²) in [4.78, 5) is 15.0. The van der Waals surface area contributed by atoms with Gasteiger partial charge in [0.1, 0.15) is 18.0 Å². The van der Waals surface area contributed by atoms with Gasteiger partial charge in [-0.15, -0.1) is 0 Å². The lowest BCUT2D eigenvalue weighted by Gasteiger charge is -2.29. The summed E-state index contributed by atoms with van der Waals surface area (Å²) < 4.78 is 11.5. The third-order valence-corrected chi connectivity index (χ3v) is 4.42. The SMILES string of the molecule is CCO[C@](C)(CC(C)C)C(=O)Nc1ccc(OCCN(CC)CC)cc1. The van der Waals surface area contributed by atoms with Crippen LogP contribution < -0.4 is 10.1 Å². The molecule has 0 unspecified atom stereocenters. The zero-order valence-electron chi connectivity index (χ0n) is 17.3. The van der Waals surface area contributed by atoms with E-state index in [9.17, 15) is 4.79 Å². The summed E-state index contributed by atoms with van der Waals surface area (Å²) in [5.74, 6) is 1.08. The molecule has 1 aromatic rings. The molecule has 0 fully saturated rings. The second-order valence-corrected chi connectivity index (χ2v) is 7.12. The Morgan fingerprint density at radius 1 is 1.15 bits per heavy atom. The maximum absolute atomic E-state index is 12.7. The number of nitrogens with zero attached hydrogens (tertiary/aromatic N) is 1. The first-order valence-electron chi connectivity index (χ1n) is 9.75. The van der Waals surface area contributed by atoms with E-state index in [1.165, 1.54) is 0 Å². The van der Waals surface area contributed by atoms with E-state index in [-0.39, 0.29) is 5.91 Å². The van der Waals surface area contributed by atoms with Crippen molar-refractivity contribution in [3.63, 3.8) is 0 Å². The third-order valence-electron chi connectivity index (χ3n) is 4.42. The first kappa shape index (κ1) is 22.5. The van der Waals surface area contributed by atoms with Gasteiger partial charge in [0.05, 0.1) is 0 Å². The molecule has 1 atom stereocenters. The van der Waals surface area contributed by atoms with Gasteiger partial charge < -0.3 is 19.7 Å². The molecule has 5 nitrogen and oxygen atoms in total. The molecule has 0 saturated carbocycles. The molecule has 0 aliphatic carbocycles. The zero-order chi connectivity index (χ0) is 19.6. The summed E-state index contributed by atoms with van der Waals surface area (Å²) >= 11 is 0. The molecule has 1 rings (SSSR count). The highest BCUT2D eigenvalue weighted by molar-refractivity contribution is 5.97. The number of carbonyl (C=O) groups excluding carboxylic acids is 1. The molecule has 148 valence electrons. The van der Waals surface area contributed by atoms with Gasteiger partial charge in [-0.1, -0.05) is 27.7 Å². The second kappa shape index (κ2) is 11.2. The van der Waals surface area contributed by atoms with Crippen molar-refractivity contribution in [1.29, 1.82) is 0 Å². The number of amides is 1. The van der Waals surface area contributed by atoms with E-state index in [1.54, 1.807) is 0 Å². The molecule has 0 aliphatic rings. The van der Waals surface area contributed by atoms with Gasteiger partial charge in [-0.3, -0.25) is 4.79 Å². The first-order chi connectivity index (χ1) is 12.3. The van der Waals surface area contributed by atoms with E-state index >= 15 is 0 Å². The van der Waals surface area contributed by atoms with Crippen LogP contribution in [0.25, 0.3) is 0 Å². The molecule has 0 aromatic heterocycles. The highest BCUT2D eigenvalue weighted by atomic mass is 16.5. The Labute approximate surface area is 159 Å². The number of hydrogen-bond acceptors (Lipinski definition) is 4. The van der Waals surface area contributed by atoms with E-state index in [0.29, 0.717) is 25.6 Å². The fraction of sp³-hybridized carbons (Fsp3) is 0.667. The lowest BCUT2D eigenvalue weighted by molar-refractivity contribution is -0.140. The number of nitrogens with one attached hydrogen (secondary N) is 1. The molecule has 0 heterocycles. The first-order valence-corrected chi connectivity index (χ1v) is 9.75. The summed E-state index contributed by atoms with van der Waals surface area (Å²) in [5, 5.41) is 2.96. The van der Waals surface area contributed by atoms with Crippen LogP contribution in [0.5, 0.6) is 5.75 Å². The lowest BCUT2D eigenvalue weighted by atomic mass is 9.93. The van der Waals surface area contributed by atoms with Crippen molar-refractivity contribution >= 4 is 11.6 Å². The van der Waals surface area contributed by atoms with Crippen LogP contribution in [0, 0.1) is 5.92 Å². The standard InChI is InChI=1S/C21H36N2O3/c1-7-23(8-2)14-15-25-19-12-10-18(11-13-19)22-20(24)21(6,26-9-3)16-17(4)5/h10-13,17H,7-9,14-16H2,1-6H3,(H,22,24)/t21-/m1/s1. The summed E-state index contributed by atoms with van der Waals surface area (Å²) in [7, 11) is 0. The van der Waals surface area contributed by atoms with E-state index < -0.39 is 5.60 Å². The van der Waals surface area contributed by atoms with Gasteiger partial charge in [0, 0.05) is 18.8 Å². The van der Waals surface area contributed by atoms with Crippen LogP contribution in [0.15, 0.2) is 24.3 Å². The number of likely N-dealkylation sites (N-methyl/N-ethyl adjacent to an activating group) is 1. The van der Waals surface area contributed by atoms with Gasteiger partial charge in [0.25, 0.3) is 5.91 Å². The van der Waals surface area contributed by atoms with E-state index in [1.807, 2.05) is 38.1 Å². The van der Waals surface area contributed by atoms with Crippen molar-refractivity contribution in [3.05, 3.63) is 24.3 Å². The van der Waals surface area contributed by atoms with Gasteiger partial charge >= 0.3 is 0 Å². The topological polar surface area (TPSA) is 50.8 Å². The largest absolute Gasteiger partial charge is 0.492 e.